The van der Waals surface area contributed by atoms with Crippen molar-refractivity contribution in [3.63, 3.8) is 0 Å². The number of nitrogens with one attached hydrogen (secondary N) is 2. The first kappa shape index (κ1) is 13.8. The predicted molar refractivity (Wildman–Crippen MR) is 76.3 cm³/mol. The zero-order valence-corrected chi connectivity index (χ0v) is 12.3. The number of hydrogen-bond acceptors (Lipinski definition) is 3. The van der Waals surface area contributed by atoms with Crippen LogP contribution in [0.4, 0.5) is 0 Å². The smallest absolute Gasteiger partial charge is 0.236 e. The number of likely N-dealkylation sites (N-methyl/N-ethyl adjacent to an activating group) is 1. The molecule has 1 aromatic rings. The number of fused-ring (bicyclic) bond motifs is 1. The van der Waals surface area contributed by atoms with Crippen LogP contribution in [0.15, 0.2) is 6.07 Å². The molecule has 2 N–H and O–H groups in total. The van der Waals surface area contributed by atoms with Gasteiger partial charge < -0.3 is 5.32 Å². The van der Waals surface area contributed by atoms with E-state index in [9.17, 15) is 4.79 Å². The summed E-state index contributed by atoms with van der Waals surface area (Å²) < 4.78 is 0.847. The van der Waals surface area contributed by atoms with Crippen molar-refractivity contribution in [2.75, 3.05) is 6.54 Å². The van der Waals surface area contributed by atoms with Crippen LogP contribution in [0.3, 0.4) is 0 Å². The minimum absolute atomic E-state index is 0.0611. The number of carbonyl (C=O) groups is 1. The van der Waals surface area contributed by atoms with Crippen molar-refractivity contribution in [1.82, 2.24) is 10.6 Å². The van der Waals surface area contributed by atoms with E-state index in [-0.39, 0.29) is 18.0 Å². The summed E-state index contributed by atoms with van der Waals surface area (Å²) in [6.45, 7) is 4.51. The van der Waals surface area contributed by atoms with Crippen molar-refractivity contribution in [3.8, 4) is 0 Å². The Morgan fingerprint density at radius 1 is 1.67 bits per heavy atom. The second-order valence-electron chi connectivity index (χ2n) is 4.66. The van der Waals surface area contributed by atoms with E-state index in [1.165, 1.54) is 10.4 Å². The number of thiophene rings is 1. The molecule has 1 aromatic heterocycles. The highest BCUT2D eigenvalue weighted by atomic mass is 35.5. The first-order valence-corrected chi connectivity index (χ1v) is 7.63. The fourth-order valence-electron chi connectivity index (χ4n) is 2.40. The highest BCUT2D eigenvalue weighted by Crippen LogP contribution is 2.37. The maximum atomic E-state index is 11.7. The van der Waals surface area contributed by atoms with Crippen LogP contribution in [0.2, 0.25) is 4.34 Å². The van der Waals surface area contributed by atoms with E-state index in [2.05, 4.69) is 10.6 Å². The van der Waals surface area contributed by atoms with Gasteiger partial charge in [0.1, 0.15) is 0 Å². The lowest BCUT2D eigenvalue weighted by Gasteiger charge is -2.26. The highest BCUT2D eigenvalue weighted by Gasteiger charge is 2.25. The standard InChI is InChI=1S/C13H19ClN2OS/c1-3-15-13(17)8(2)16-10-5-4-6-11-9(10)7-12(14)18-11/h7-8,10,16H,3-6H2,1-2H3,(H,15,17). The third kappa shape index (κ3) is 3.05. The summed E-state index contributed by atoms with van der Waals surface area (Å²) in [6, 6.07) is 2.14. The van der Waals surface area contributed by atoms with Gasteiger partial charge in [0.05, 0.1) is 10.4 Å². The first-order valence-electron chi connectivity index (χ1n) is 6.43. The quantitative estimate of drug-likeness (QED) is 0.894. The van der Waals surface area contributed by atoms with Crippen LogP contribution in [-0.2, 0) is 11.2 Å². The maximum Gasteiger partial charge on any atom is 0.236 e. The van der Waals surface area contributed by atoms with Crippen LogP contribution in [0, 0.1) is 0 Å². The summed E-state index contributed by atoms with van der Waals surface area (Å²) in [5.41, 5.74) is 1.28. The molecule has 100 valence electrons. The zero-order chi connectivity index (χ0) is 13.1. The fraction of sp³-hybridized carbons (Fsp3) is 0.615. The first-order chi connectivity index (χ1) is 8.61. The number of hydrogen-bond donors (Lipinski definition) is 2. The topological polar surface area (TPSA) is 41.1 Å². The molecule has 0 saturated carbocycles. The molecular weight excluding hydrogens is 268 g/mol. The molecule has 3 nitrogen and oxygen atoms in total. The summed E-state index contributed by atoms with van der Waals surface area (Å²) in [5.74, 6) is 0.0611. The van der Waals surface area contributed by atoms with E-state index >= 15 is 0 Å². The van der Waals surface area contributed by atoms with Gasteiger partial charge in [0, 0.05) is 17.5 Å². The van der Waals surface area contributed by atoms with E-state index in [1.807, 2.05) is 19.9 Å². The van der Waals surface area contributed by atoms with E-state index < -0.39 is 0 Å². The lowest BCUT2D eigenvalue weighted by molar-refractivity contribution is -0.122. The molecule has 0 radical (unpaired) electrons. The Kier molecular flexibility index (Phi) is 4.65. The molecule has 0 spiro atoms. The van der Waals surface area contributed by atoms with Gasteiger partial charge in [0.2, 0.25) is 5.91 Å². The van der Waals surface area contributed by atoms with Gasteiger partial charge in [-0.1, -0.05) is 11.6 Å². The monoisotopic (exact) mass is 286 g/mol. The molecule has 1 heterocycles. The Hall–Kier alpha value is -0.580. The molecule has 18 heavy (non-hydrogen) atoms. The second kappa shape index (κ2) is 6.04. The van der Waals surface area contributed by atoms with Gasteiger partial charge in [-0.05, 0) is 44.7 Å². The van der Waals surface area contributed by atoms with Gasteiger partial charge in [-0.2, -0.15) is 0 Å². The molecule has 0 bridgehead atoms. The minimum Gasteiger partial charge on any atom is -0.355 e. The molecule has 0 aliphatic heterocycles. The van der Waals surface area contributed by atoms with E-state index in [0.29, 0.717) is 6.54 Å². The Labute approximate surface area is 117 Å². The minimum atomic E-state index is -0.167. The molecule has 1 aliphatic rings. The van der Waals surface area contributed by atoms with E-state index in [1.54, 1.807) is 11.3 Å². The summed E-state index contributed by atoms with van der Waals surface area (Å²) in [7, 11) is 0. The van der Waals surface area contributed by atoms with Gasteiger partial charge in [-0.25, -0.2) is 0 Å². The van der Waals surface area contributed by atoms with E-state index in [0.717, 1.165) is 23.6 Å². The number of halogens is 1. The number of rotatable bonds is 4. The Morgan fingerprint density at radius 2 is 2.44 bits per heavy atom. The van der Waals surface area contributed by atoms with Crippen molar-refractivity contribution in [1.29, 1.82) is 0 Å². The number of carbonyl (C=O) groups excluding carboxylic acids is 1. The largest absolute Gasteiger partial charge is 0.355 e. The van der Waals surface area contributed by atoms with Crippen LogP contribution in [0.25, 0.3) is 0 Å². The summed E-state index contributed by atoms with van der Waals surface area (Å²) in [5, 5.41) is 6.25. The fourth-order valence-corrected chi connectivity index (χ4v) is 3.78. The Balaban J connectivity index is 2.04. The molecular formula is C13H19ClN2OS. The Morgan fingerprint density at radius 3 is 3.17 bits per heavy atom. The second-order valence-corrected chi connectivity index (χ2v) is 6.42. The van der Waals surface area contributed by atoms with Crippen LogP contribution in [-0.4, -0.2) is 18.5 Å². The molecule has 2 unspecified atom stereocenters. The van der Waals surface area contributed by atoms with Crippen molar-refractivity contribution in [3.05, 3.63) is 20.8 Å². The summed E-state index contributed by atoms with van der Waals surface area (Å²) in [6.07, 6.45) is 3.34. The van der Waals surface area contributed by atoms with Crippen molar-refractivity contribution < 1.29 is 4.79 Å². The van der Waals surface area contributed by atoms with Crippen LogP contribution >= 0.6 is 22.9 Å². The van der Waals surface area contributed by atoms with Crippen molar-refractivity contribution in [2.24, 2.45) is 0 Å². The van der Waals surface area contributed by atoms with Crippen LogP contribution in [0.5, 0.6) is 0 Å². The van der Waals surface area contributed by atoms with Crippen LogP contribution in [0.1, 0.15) is 43.2 Å². The van der Waals surface area contributed by atoms with Gasteiger partial charge in [-0.15, -0.1) is 11.3 Å². The molecule has 5 heteroatoms. The molecule has 2 atom stereocenters. The normalized spacial score (nSPS) is 20.3. The average molecular weight is 287 g/mol. The molecule has 1 amide bonds. The van der Waals surface area contributed by atoms with Crippen LogP contribution < -0.4 is 10.6 Å². The predicted octanol–water partition coefficient (Wildman–Crippen LogP) is 2.89. The van der Waals surface area contributed by atoms with Crippen molar-refractivity contribution in [2.45, 2.75) is 45.2 Å². The summed E-state index contributed by atoms with van der Waals surface area (Å²) >= 11 is 7.74. The lowest BCUT2D eigenvalue weighted by Crippen LogP contribution is -2.44. The lowest BCUT2D eigenvalue weighted by atomic mass is 9.93. The van der Waals surface area contributed by atoms with Gasteiger partial charge in [-0.3, -0.25) is 10.1 Å². The number of aryl methyl sites for hydroxylation is 1. The maximum absolute atomic E-state index is 11.7. The highest BCUT2D eigenvalue weighted by molar-refractivity contribution is 7.16. The van der Waals surface area contributed by atoms with Gasteiger partial charge in [0.15, 0.2) is 0 Å². The zero-order valence-electron chi connectivity index (χ0n) is 10.8. The van der Waals surface area contributed by atoms with Gasteiger partial charge >= 0.3 is 0 Å². The third-order valence-electron chi connectivity index (χ3n) is 3.28. The van der Waals surface area contributed by atoms with E-state index in [4.69, 9.17) is 11.6 Å². The molecule has 0 saturated heterocycles. The summed E-state index contributed by atoms with van der Waals surface area (Å²) in [4.78, 5) is 13.1. The Bertz CT molecular complexity index is 433. The van der Waals surface area contributed by atoms with Gasteiger partial charge in [0.25, 0.3) is 0 Å². The van der Waals surface area contributed by atoms with Crippen molar-refractivity contribution >= 4 is 28.8 Å². The number of amides is 1. The molecule has 0 aromatic carbocycles. The molecule has 0 fully saturated rings. The molecule has 1 aliphatic carbocycles. The average Bonchev–Trinajstić information content (AvgIpc) is 2.71. The third-order valence-corrected chi connectivity index (χ3v) is 4.62. The molecule has 2 rings (SSSR count). The SMILES string of the molecule is CCNC(=O)C(C)NC1CCCc2sc(Cl)cc21.